The third-order valence-corrected chi connectivity index (χ3v) is 2.65. The summed E-state index contributed by atoms with van der Waals surface area (Å²) < 4.78 is 0. The number of likely N-dealkylation sites (N-methyl/N-ethyl adjacent to an activating group) is 1. The van der Waals surface area contributed by atoms with Gasteiger partial charge in [0.15, 0.2) is 0 Å². The molecular weight excluding hydrogens is 252 g/mol. The van der Waals surface area contributed by atoms with E-state index in [1.165, 1.54) is 6.07 Å². The number of nitrogens with one attached hydrogen (secondary N) is 1. The maximum Gasteiger partial charge on any atom is 0.241 e. The molecule has 0 aliphatic carbocycles. The van der Waals surface area contributed by atoms with Crippen molar-refractivity contribution in [3.05, 3.63) is 22.8 Å². The van der Waals surface area contributed by atoms with Crippen LogP contribution in [0.3, 0.4) is 0 Å². The number of hydrogen-bond acceptors (Lipinski definition) is 4. The molecule has 0 aliphatic rings. The van der Waals surface area contributed by atoms with E-state index in [2.05, 4.69) is 10.3 Å². The van der Waals surface area contributed by atoms with Crippen molar-refractivity contribution >= 4 is 23.3 Å². The molecule has 0 atom stereocenters. The van der Waals surface area contributed by atoms with Crippen LogP contribution in [0.25, 0.3) is 0 Å². The summed E-state index contributed by atoms with van der Waals surface area (Å²) in [5.74, 6) is 0.417. The lowest BCUT2D eigenvalue weighted by Gasteiger charge is -2.18. The van der Waals surface area contributed by atoms with Gasteiger partial charge in [0, 0.05) is 13.1 Å². The zero-order valence-electron chi connectivity index (χ0n) is 10.4. The van der Waals surface area contributed by atoms with E-state index < -0.39 is 0 Å². The Bertz CT molecular complexity index is 466. The first-order valence-electron chi connectivity index (χ1n) is 5.70. The maximum atomic E-state index is 11.8. The predicted octanol–water partition coefficient (Wildman–Crippen LogP) is 1.89. The van der Waals surface area contributed by atoms with Crippen molar-refractivity contribution in [2.75, 3.05) is 25.0 Å². The molecule has 0 unspecified atom stereocenters. The summed E-state index contributed by atoms with van der Waals surface area (Å²) in [6.07, 6.45) is 0. The fourth-order valence-corrected chi connectivity index (χ4v) is 1.71. The lowest BCUT2D eigenvalue weighted by molar-refractivity contribution is -0.128. The summed E-state index contributed by atoms with van der Waals surface area (Å²) in [7, 11) is 0. The van der Waals surface area contributed by atoms with Crippen molar-refractivity contribution in [3.8, 4) is 6.07 Å². The summed E-state index contributed by atoms with van der Waals surface area (Å²) in [6, 6.07) is 5.01. The Labute approximate surface area is 111 Å². The first-order chi connectivity index (χ1) is 8.60. The average Bonchev–Trinajstić information content (AvgIpc) is 2.37. The SMILES string of the molecule is CCN(CC)C(=O)CNc1cc(C#N)cc(Cl)n1. The van der Waals surface area contributed by atoms with Gasteiger partial charge in [-0.3, -0.25) is 4.79 Å². The zero-order chi connectivity index (χ0) is 13.5. The molecule has 1 heterocycles. The topological polar surface area (TPSA) is 69.0 Å². The second-order valence-electron chi connectivity index (χ2n) is 3.60. The highest BCUT2D eigenvalue weighted by Crippen LogP contribution is 2.13. The largest absolute Gasteiger partial charge is 0.361 e. The Hall–Kier alpha value is -1.80. The number of carbonyl (C=O) groups is 1. The van der Waals surface area contributed by atoms with Crippen molar-refractivity contribution in [2.45, 2.75) is 13.8 Å². The summed E-state index contributed by atoms with van der Waals surface area (Å²) in [5, 5.41) is 11.9. The van der Waals surface area contributed by atoms with Crippen molar-refractivity contribution in [1.29, 1.82) is 5.26 Å². The van der Waals surface area contributed by atoms with Crippen LogP contribution in [0.4, 0.5) is 5.82 Å². The molecule has 5 nitrogen and oxygen atoms in total. The van der Waals surface area contributed by atoms with E-state index in [0.717, 1.165) is 0 Å². The molecule has 0 aromatic carbocycles. The van der Waals surface area contributed by atoms with E-state index in [-0.39, 0.29) is 17.6 Å². The summed E-state index contributed by atoms with van der Waals surface area (Å²) in [6.45, 7) is 5.33. The van der Waals surface area contributed by atoms with Crippen LogP contribution >= 0.6 is 11.6 Å². The van der Waals surface area contributed by atoms with Crippen molar-refractivity contribution in [3.63, 3.8) is 0 Å². The Morgan fingerprint density at radius 1 is 1.50 bits per heavy atom. The van der Waals surface area contributed by atoms with Crippen LogP contribution in [0.15, 0.2) is 12.1 Å². The predicted molar refractivity (Wildman–Crippen MR) is 70.4 cm³/mol. The van der Waals surface area contributed by atoms with E-state index in [1.807, 2.05) is 19.9 Å². The molecule has 1 aromatic rings. The molecule has 0 bridgehead atoms. The fraction of sp³-hybridized carbons (Fsp3) is 0.417. The lowest BCUT2D eigenvalue weighted by Crippen LogP contribution is -2.35. The Morgan fingerprint density at radius 2 is 2.17 bits per heavy atom. The van der Waals surface area contributed by atoms with E-state index >= 15 is 0 Å². The molecule has 0 aliphatic heterocycles. The molecule has 1 rings (SSSR count). The van der Waals surface area contributed by atoms with Crippen LogP contribution in [-0.2, 0) is 4.79 Å². The van der Waals surface area contributed by atoms with Gasteiger partial charge in [0.05, 0.1) is 18.2 Å². The number of aromatic nitrogens is 1. The van der Waals surface area contributed by atoms with Gasteiger partial charge in [-0.25, -0.2) is 4.98 Å². The van der Waals surface area contributed by atoms with E-state index in [0.29, 0.717) is 24.5 Å². The summed E-state index contributed by atoms with van der Waals surface area (Å²) in [5.41, 5.74) is 0.410. The van der Waals surface area contributed by atoms with E-state index in [4.69, 9.17) is 16.9 Å². The Morgan fingerprint density at radius 3 is 2.72 bits per heavy atom. The number of hydrogen-bond donors (Lipinski definition) is 1. The van der Waals surface area contributed by atoms with Crippen molar-refractivity contribution in [2.24, 2.45) is 0 Å². The molecular formula is C12H15ClN4O. The zero-order valence-corrected chi connectivity index (χ0v) is 11.2. The molecule has 1 amide bonds. The quantitative estimate of drug-likeness (QED) is 0.827. The second kappa shape index (κ2) is 6.82. The highest BCUT2D eigenvalue weighted by atomic mass is 35.5. The van der Waals surface area contributed by atoms with Crippen LogP contribution in [0.5, 0.6) is 0 Å². The fourth-order valence-electron chi connectivity index (χ4n) is 1.51. The van der Waals surface area contributed by atoms with Gasteiger partial charge in [0.1, 0.15) is 11.0 Å². The molecule has 1 aromatic heterocycles. The molecule has 0 saturated carbocycles. The normalized spacial score (nSPS) is 9.67. The van der Waals surface area contributed by atoms with Gasteiger partial charge < -0.3 is 10.2 Å². The van der Waals surface area contributed by atoms with Crippen LogP contribution < -0.4 is 5.32 Å². The summed E-state index contributed by atoms with van der Waals surface area (Å²) in [4.78, 5) is 17.5. The van der Waals surface area contributed by atoms with Gasteiger partial charge in [-0.1, -0.05) is 11.6 Å². The smallest absolute Gasteiger partial charge is 0.241 e. The van der Waals surface area contributed by atoms with Crippen molar-refractivity contribution < 1.29 is 4.79 Å². The highest BCUT2D eigenvalue weighted by Gasteiger charge is 2.09. The molecule has 0 fully saturated rings. The second-order valence-corrected chi connectivity index (χ2v) is 3.98. The summed E-state index contributed by atoms with van der Waals surface area (Å²) >= 11 is 5.76. The van der Waals surface area contributed by atoms with E-state index in [1.54, 1.807) is 11.0 Å². The number of anilines is 1. The van der Waals surface area contributed by atoms with Crippen molar-refractivity contribution in [1.82, 2.24) is 9.88 Å². The third kappa shape index (κ3) is 3.90. The Kier molecular flexibility index (Phi) is 5.40. The minimum Gasteiger partial charge on any atom is -0.361 e. The van der Waals surface area contributed by atoms with Crippen LogP contribution in [0, 0.1) is 11.3 Å². The average molecular weight is 267 g/mol. The number of pyridine rings is 1. The number of carbonyl (C=O) groups excluding carboxylic acids is 1. The number of halogens is 1. The number of nitriles is 1. The van der Waals surface area contributed by atoms with Gasteiger partial charge in [-0.15, -0.1) is 0 Å². The first kappa shape index (κ1) is 14.3. The van der Waals surface area contributed by atoms with Crippen LogP contribution in [0.1, 0.15) is 19.4 Å². The molecule has 0 saturated heterocycles. The standard InChI is InChI=1S/C12H15ClN4O/c1-3-17(4-2)12(18)8-15-11-6-9(7-14)5-10(13)16-11/h5-6H,3-4,8H2,1-2H3,(H,15,16). The molecule has 0 radical (unpaired) electrons. The van der Waals surface area contributed by atoms with Crippen LogP contribution in [0.2, 0.25) is 5.15 Å². The lowest BCUT2D eigenvalue weighted by atomic mass is 10.3. The minimum atomic E-state index is -0.0136. The van der Waals surface area contributed by atoms with Gasteiger partial charge in [-0.05, 0) is 26.0 Å². The Balaban J connectivity index is 2.66. The van der Waals surface area contributed by atoms with Gasteiger partial charge in [-0.2, -0.15) is 5.26 Å². The van der Waals surface area contributed by atoms with E-state index in [9.17, 15) is 4.79 Å². The van der Waals surface area contributed by atoms with Gasteiger partial charge >= 0.3 is 0 Å². The monoisotopic (exact) mass is 266 g/mol. The minimum absolute atomic E-state index is 0.0136. The number of amides is 1. The number of nitrogens with zero attached hydrogens (tertiary/aromatic N) is 3. The molecule has 6 heteroatoms. The van der Waals surface area contributed by atoms with Gasteiger partial charge in [0.2, 0.25) is 5.91 Å². The molecule has 18 heavy (non-hydrogen) atoms. The highest BCUT2D eigenvalue weighted by molar-refractivity contribution is 6.29. The molecule has 1 N–H and O–H groups in total. The van der Waals surface area contributed by atoms with Crippen LogP contribution in [-0.4, -0.2) is 35.4 Å². The van der Waals surface area contributed by atoms with Gasteiger partial charge in [0.25, 0.3) is 0 Å². The molecule has 0 spiro atoms. The number of rotatable bonds is 5. The first-order valence-corrected chi connectivity index (χ1v) is 6.07. The third-order valence-electron chi connectivity index (χ3n) is 2.46. The molecule has 96 valence electrons. The maximum absolute atomic E-state index is 11.8.